The molecular weight excluding hydrogens is 270 g/mol. The highest BCUT2D eigenvalue weighted by molar-refractivity contribution is 7.18. The molecule has 3 rings (SSSR count). The topological polar surface area (TPSA) is 55.6 Å². The fourth-order valence-electron chi connectivity index (χ4n) is 2.13. The maximum atomic E-state index is 4.66. The van der Waals surface area contributed by atoms with E-state index in [1.54, 1.807) is 17.5 Å². The van der Waals surface area contributed by atoms with Crippen molar-refractivity contribution in [3.05, 3.63) is 29.2 Å². The summed E-state index contributed by atoms with van der Waals surface area (Å²) in [5.41, 5.74) is 0. The van der Waals surface area contributed by atoms with Crippen molar-refractivity contribution >= 4 is 27.5 Å². The van der Waals surface area contributed by atoms with Gasteiger partial charge < -0.3 is 5.32 Å². The van der Waals surface area contributed by atoms with Gasteiger partial charge in [-0.2, -0.15) is 4.98 Å². The zero-order valence-corrected chi connectivity index (χ0v) is 12.7. The monoisotopic (exact) mass is 287 g/mol. The number of nitrogens with one attached hydrogen (secondary N) is 1. The molecule has 0 bridgehead atoms. The number of hydrogen-bond donors (Lipinski definition) is 1. The van der Waals surface area contributed by atoms with Gasteiger partial charge in [0.15, 0.2) is 5.82 Å². The van der Waals surface area contributed by atoms with E-state index in [2.05, 4.69) is 40.2 Å². The average molecular weight is 287 g/mol. The van der Waals surface area contributed by atoms with E-state index in [1.165, 1.54) is 4.88 Å². The van der Waals surface area contributed by atoms with Gasteiger partial charge in [-0.1, -0.05) is 6.92 Å². The largest absolute Gasteiger partial charge is 0.354 e. The maximum absolute atomic E-state index is 4.66. The van der Waals surface area contributed by atoms with Gasteiger partial charge in [-0.25, -0.2) is 9.97 Å². The van der Waals surface area contributed by atoms with Gasteiger partial charge in [0.25, 0.3) is 0 Å². The molecule has 0 saturated heterocycles. The lowest BCUT2D eigenvalue weighted by molar-refractivity contribution is 0.918. The lowest BCUT2D eigenvalue weighted by Crippen LogP contribution is -2.07. The molecule has 0 radical (unpaired) electrons. The van der Waals surface area contributed by atoms with E-state index in [0.29, 0.717) is 5.95 Å². The third kappa shape index (κ3) is 2.27. The Labute approximate surface area is 121 Å². The molecule has 0 spiro atoms. The Bertz CT molecular complexity index is 743. The predicted octanol–water partition coefficient (Wildman–Crippen LogP) is 3.32. The molecule has 0 aromatic carbocycles. The number of fused-ring (bicyclic) bond motifs is 1. The summed E-state index contributed by atoms with van der Waals surface area (Å²) in [7, 11) is 0. The number of nitrogens with zero attached hydrogens (tertiary/aromatic N) is 4. The number of thiophene rings is 1. The SMILES string of the molecule is CCCNc1nc(-n2ccnc2C)c2cc(C)sc2n1. The first-order valence-electron chi connectivity index (χ1n) is 6.71. The molecule has 0 unspecified atom stereocenters. The van der Waals surface area contributed by atoms with Gasteiger partial charge in [-0.15, -0.1) is 11.3 Å². The Balaban J connectivity index is 2.19. The second-order valence-electron chi connectivity index (χ2n) is 4.72. The first-order chi connectivity index (χ1) is 9.69. The fourth-order valence-corrected chi connectivity index (χ4v) is 3.00. The standard InChI is InChI=1S/C14H17N5S/c1-4-5-16-14-17-12(19-7-6-15-10(19)3)11-8-9(2)20-13(11)18-14/h6-8H,4-5H2,1-3H3,(H,16,17,18). The molecule has 20 heavy (non-hydrogen) atoms. The molecule has 0 saturated carbocycles. The van der Waals surface area contributed by atoms with Crippen molar-refractivity contribution in [1.82, 2.24) is 19.5 Å². The number of hydrogen-bond acceptors (Lipinski definition) is 5. The van der Waals surface area contributed by atoms with Crippen LogP contribution in [0.3, 0.4) is 0 Å². The summed E-state index contributed by atoms with van der Waals surface area (Å²) in [5.74, 6) is 2.51. The molecule has 0 fully saturated rings. The first kappa shape index (κ1) is 13.1. The van der Waals surface area contributed by atoms with Crippen LogP contribution in [0, 0.1) is 13.8 Å². The highest BCUT2D eigenvalue weighted by Gasteiger charge is 2.13. The van der Waals surface area contributed by atoms with E-state index < -0.39 is 0 Å². The van der Waals surface area contributed by atoms with Crippen LogP contribution in [0.1, 0.15) is 24.0 Å². The quantitative estimate of drug-likeness (QED) is 0.800. The fraction of sp³-hybridized carbons (Fsp3) is 0.357. The van der Waals surface area contributed by atoms with Crippen molar-refractivity contribution in [2.75, 3.05) is 11.9 Å². The van der Waals surface area contributed by atoms with Crippen LogP contribution < -0.4 is 5.32 Å². The van der Waals surface area contributed by atoms with Crippen LogP contribution in [-0.2, 0) is 0 Å². The Kier molecular flexibility index (Phi) is 3.40. The molecule has 3 aromatic rings. The average Bonchev–Trinajstić information content (AvgIpc) is 3.00. The zero-order chi connectivity index (χ0) is 14.1. The van der Waals surface area contributed by atoms with Crippen molar-refractivity contribution in [3.63, 3.8) is 0 Å². The number of imidazole rings is 1. The second-order valence-corrected chi connectivity index (χ2v) is 5.95. The zero-order valence-electron chi connectivity index (χ0n) is 11.8. The first-order valence-corrected chi connectivity index (χ1v) is 7.53. The van der Waals surface area contributed by atoms with Gasteiger partial charge in [-0.3, -0.25) is 4.57 Å². The number of aromatic nitrogens is 4. The van der Waals surface area contributed by atoms with E-state index in [1.807, 2.05) is 17.7 Å². The minimum atomic E-state index is 0.685. The van der Waals surface area contributed by atoms with Gasteiger partial charge in [0.1, 0.15) is 10.7 Å². The normalized spacial score (nSPS) is 11.2. The van der Waals surface area contributed by atoms with Gasteiger partial charge in [0, 0.05) is 23.8 Å². The van der Waals surface area contributed by atoms with E-state index in [0.717, 1.165) is 34.8 Å². The Hall–Kier alpha value is -1.95. The molecule has 3 aromatic heterocycles. The summed E-state index contributed by atoms with van der Waals surface area (Å²) in [5, 5.41) is 4.35. The molecule has 0 aliphatic rings. The van der Waals surface area contributed by atoms with Crippen LogP contribution in [0.15, 0.2) is 18.5 Å². The molecule has 0 aliphatic carbocycles. The molecule has 104 valence electrons. The summed E-state index contributed by atoms with van der Waals surface area (Å²) >= 11 is 1.69. The smallest absolute Gasteiger partial charge is 0.226 e. The van der Waals surface area contributed by atoms with Crippen molar-refractivity contribution in [1.29, 1.82) is 0 Å². The van der Waals surface area contributed by atoms with Crippen LogP contribution in [-0.4, -0.2) is 26.1 Å². The summed E-state index contributed by atoms with van der Waals surface area (Å²) < 4.78 is 2.01. The summed E-state index contributed by atoms with van der Waals surface area (Å²) in [4.78, 5) is 15.8. The molecule has 0 aliphatic heterocycles. The van der Waals surface area contributed by atoms with E-state index >= 15 is 0 Å². The summed E-state index contributed by atoms with van der Waals surface area (Å²) in [6.07, 6.45) is 4.78. The lowest BCUT2D eigenvalue weighted by atomic mass is 10.3. The van der Waals surface area contributed by atoms with Crippen molar-refractivity contribution in [2.24, 2.45) is 0 Å². The highest BCUT2D eigenvalue weighted by atomic mass is 32.1. The van der Waals surface area contributed by atoms with Gasteiger partial charge in [-0.05, 0) is 26.3 Å². The third-order valence-corrected chi connectivity index (χ3v) is 4.03. The van der Waals surface area contributed by atoms with Crippen LogP contribution >= 0.6 is 11.3 Å². The molecule has 1 N–H and O–H groups in total. The van der Waals surface area contributed by atoms with Gasteiger partial charge in [0.05, 0.1) is 5.39 Å². The van der Waals surface area contributed by atoms with Crippen molar-refractivity contribution in [2.45, 2.75) is 27.2 Å². The van der Waals surface area contributed by atoms with Crippen LogP contribution in [0.5, 0.6) is 0 Å². The number of aryl methyl sites for hydroxylation is 2. The molecular formula is C14H17N5S. The Morgan fingerprint density at radius 2 is 2.15 bits per heavy atom. The summed E-state index contributed by atoms with van der Waals surface area (Å²) in [6.45, 7) is 7.07. The second kappa shape index (κ2) is 5.20. The van der Waals surface area contributed by atoms with Crippen molar-refractivity contribution < 1.29 is 0 Å². The summed E-state index contributed by atoms with van der Waals surface area (Å²) in [6, 6.07) is 2.14. The molecule has 6 heteroatoms. The number of rotatable bonds is 4. The Morgan fingerprint density at radius 1 is 1.30 bits per heavy atom. The molecule has 0 amide bonds. The minimum absolute atomic E-state index is 0.685. The van der Waals surface area contributed by atoms with Gasteiger partial charge >= 0.3 is 0 Å². The lowest BCUT2D eigenvalue weighted by Gasteiger charge is -2.09. The van der Waals surface area contributed by atoms with E-state index in [-0.39, 0.29) is 0 Å². The minimum Gasteiger partial charge on any atom is -0.354 e. The Morgan fingerprint density at radius 3 is 2.85 bits per heavy atom. The van der Waals surface area contributed by atoms with E-state index in [9.17, 15) is 0 Å². The van der Waals surface area contributed by atoms with Crippen molar-refractivity contribution in [3.8, 4) is 5.82 Å². The number of anilines is 1. The van der Waals surface area contributed by atoms with Crippen LogP contribution in [0.4, 0.5) is 5.95 Å². The van der Waals surface area contributed by atoms with E-state index in [4.69, 9.17) is 0 Å². The van der Waals surface area contributed by atoms with Crippen LogP contribution in [0.25, 0.3) is 16.0 Å². The predicted molar refractivity (Wildman–Crippen MR) is 82.8 cm³/mol. The maximum Gasteiger partial charge on any atom is 0.226 e. The van der Waals surface area contributed by atoms with Gasteiger partial charge in [0.2, 0.25) is 5.95 Å². The molecule has 0 atom stereocenters. The molecule has 5 nitrogen and oxygen atoms in total. The van der Waals surface area contributed by atoms with Crippen LogP contribution in [0.2, 0.25) is 0 Å². The third-order valence-electron chi connectivity index (χ3n) is 3.08. The highest BCUT2D eigenvalue weighted by Crippen LogP contribution is 2.29. The molecule has 3 heterocycles.